The summed E-state index contributed by atoms with van der Waals surface area (Å²) in [5.41, 5.74) is 0. The Labute approximate surface area is 92.0 Å². The number of piperidine rings is 1. The van der Waals surface area contributed by atoms with Crippen LogP contribution in [0.5, 0.6) is 0 Å². The molecule has 1 unspecified atom stereocenters. The standard InChI is InChI=1S/C11H22N2O2/c1-3-15-8-6-12-11(14)10-5-4-7-13(2)9-10/h10H,3-9H2,1-2H3,(H,12,14). The van der Waals surface area contributed by atoms with Gasteiger partial charge in [-0.1, -0.05) is 0 Å². The van der Waals surface area contributed by atoms with Gasteiger partial charge in [0.25, 0.3) is 0 Å². The van der Waals surface area contributed by atoms with Crippen molar-refractivity contribution < 1.29 is 9.53 Å². The van der Waals surface area contributed by atoms with Gasteiger partial charge >= 0.3 is 0 Å². The summed E-state index contributed by atoms with van der Waals surface area (Å²) in [5, 5.41) is 2.92. The number of likely N-dealkylation sites (tertiary alicyclic amines) is 1. The van der Waals surface area contributed by atoms with Gasteiger partial charge in [0, 0.05) is 19.7 Å². The molecule has 1 atom stereocenters. The summed E-state index contributed by atoms with van der Waals surface area (Å²) in [6.45, 7) is 5.92. The Morgan fingerprint density at radius 2 is 2.40 bits per heavy atom. The molecule has 0 saturated carbocycles. The largest absolute Gasteiger partial charge is 0.380 e. The first kappa shape index (κ1) is 12.5. The summed E-state index contributed by atoms with van der Waals surface area (Å²) in [4.78, 5) is 13.9. The SMILES string of the molecule is CCOCCNC(=O)C1CCCN(C)C1. The van der Waals surface area contributed by atoms with E-state index >= 15 is 0 Å². The van der Waals surface area contributed by atoms with Crippen molar-refractivity contribution in [1.29, 1.82) is 0 Å². The summed E-state index contributed by atoms with van der Waals surface area (Å²) < 4.78 is 5.17. The highest BCUT2D eigenvalue weighted by atomic mass is 16.5. The molecular formula is C11H22N2O2. The fraction of sp³-hybridized carbons (Fsp3) is 0.909. The molecule has 0 spiro atoms. The third kappa shape index (κ3) is 4.62. The highest BCUT2D eigenvalue weighted by Gasteiger charge is 2.23. The van der Waals surface area contributed by atoms with E-state index in [2.05, 4.69) is 17.3 Å². The molecule has 4 heteroatoms. The summed E-state index contributed by atoms with van der Waals surface area (Å²) in [6.07, 6.45) is 2.14. The topological polar surface area (TPSA) is 41.6 Å². The van der Waals surface area contributed by atoms with E-state index < -0.39 is 0 Å². The van der Waals surface area contributed by atoms with Gasteiger partial charge in [-0.15, -0.1) is 0 Å². The van der Waals surface area contributed by atoms with E-state index in [4.69, 9.17) is 4.74 Å². The monoisotopic (exact) mass is 214 g/mol. The van der Waals surface area contributed by atoms with Gasteiger partial charge in [-0.2, -0.15) is 0 Å². The van der Waals surface area contributed by atoms with Crippen molar-refractivity contribution in [1.82, 2.24) is 10.2 Å². The second-order valence-electron chi connectivity index (χ2n) is 4.09. The zero-order valence-electron chi connectivity index (χ0n) is 9.79. The number of nitrogens with one attached hydrogen (secondary N) is 1. The molecule has 0 bridgehead atoms. The minimum absolute atomic E-state index is 0.172. The number of nitrogens with zero attached hydrogens (tertiary/aromatic N) is 1. The van der Waals surface area contributed by atoms with Gasteiger partial charge in [-0.25, -0.2) is 0 Å². The molecule has 0 radical (unpaired) electrons. The van der Waals surface area contributed by atoms with E-state index in [1.807, 2.05) is 6.92 Å². The lowest BCUT2D eigenvalue weighted by molar-refractivity contribution is -0.126. The smallest absolute Gasteiger partial charge is 0.224 e. The predicted octanol–water partition coefficient (Wildman–Crippen LogP) is 0.481. The van der Waals surface area contributed by atoms with Crippen molar-refractivity contribution in [3.8, 4) is 0 Å². The normalized spacial score (nSPS) is 22.7. The van der Waals surface area contributed by atoms with Crippen molar-refractivity contribution in [2.45, 2.75) is 19.8 Å². The average Bonchev–Trinajstić information content (AvgIpc) is 2.24. The lowest BCUT2D eigenvalue weighted by Gasteiger charge is -2.28. The van der Waals surface area contributed by atoms with Crippen LogP contribution in [0.2, 0.25) is 0 Å². The summed E-state index contributed by atoms with van der Waals surface area (Å²) in [7, 11) is 2.07. The van der Waals surface area contributed by atoms with Crippen molar-refractivity contribution in [2.75, 3.05) is 39.9 Å². The first-order valence-corrected chi connectivity index (χ1v) is 5.78. The number of rotatable bonds is 5. The minimum atomic E-state index is 0.172. The van der Waals surface area contributed by atoms with Gasteiger partial charge < -0.3 is 15.0 Å². The number of carbonyl (C=O) groups excluding carboxylic acids is 1. The van der Waals surface area contributed by atoms with Gasteiger partial charge in [-0.05, 0) is 33.4 Å². The van der Waals surface area contributed by atoms with Crippen LogP contribution in [0.25, 0.3) is 0 Å². The molecule has 1 aliphatic rings. The molecular weight excluding hydrogens is 192 g/mol. The lowest BCUT2D eigenvalue weighted by Crippen LogP contribution is -2.42. The first-order valence-electron chi connectivity index (χ1n) is 5.78. The quantitative estimate of drug-likeness (QED) is 0.677. The minimum Gasteiger partial charge on any atom is -0.380 e. The zero-order chi connectivity index (χ0) is 11.1. The zero-order valence-corrected chi connectivity index (χ0v) is 9.79. The molecule has 1 fully saturated rings. The Hall–Kier alpha value is -0.610. The number of hydrogen-bond acceptors (Lipinski definition) is 3. The van der Waals surface area contributed by atoms with Crippen molar-refractivity contribution >= 4 is 5.91 Å². The summed E-state index contributed by atoms with van der Waals surface area (Å²) in [5.74, 6) is 0.353. The van der Waals surface area contributed by atoms with Crippen LogP contribution in [-0.2, 0) is 9.53 Å². The van der Waals surface area contributed by atoms with Crippen LogP contribution >= 0.6 is 0 Å². The maximum absolute atomic E-state index is 11.7. The van der Waals surface area contributed by atoms with E-state index in [1.54, 1.807) is 0 Å². The second kappa shape index (κ2) is 6.80. The number of hydrogen-bond donors (Lipinski definition) is 1. The molecule has 1 heterocycles. The molecule has 0 aromatic rings. The highest BCUT2D eigenvalue weighted by Crippen LogP contribution is 2.14. The molecule has 1 rings (SSSR count). The van der Waals surface area contributed by atoms with E-state index in [1.165, 1.54) is 0 Å². The molecule has 4 nitrogen and oxygen atoms in total. The Bertz CT molecular complexity index is 197. The van der Waals surface area contributed by atoms with Crippen molar-refractivity contribution in [2.24, 2.45) is 5.92 Å². The van der Waals surface area contributed by atoms with Gasteiger partial charge in [0.15, 0.2) is 0 Å². The van der Waals surface area contributed by atoms with Gasteiger partial charge in [0.05, 0.1) is 12.5 Å². The molecule has 1 N–H and O–H groups in total. The van der Waals surface area contributed by atoms with Crippen LogP contribution in [0.3, 0.4) is 0 Å². The van der Waals surface area contributed by atoms with Gasteiger partial charge in [0.2, 0.25) is 5.91 Å². The van der Waals surface area contributed by atoms with Crippen LogP contribution in [0.15, 0.2) is 0 Å². The molecule has 0 aromatic carbocycles. The number of carbonyl (C=O) groups is 1. The maximum atomic E-state index is 11.7. The lowest BCUT2D eigenvalue weighted by atomic mass is 9.98. The third-order valence-electron chi connectivity index (χ3n) is 2.75. The van der Waals surface area contributed by atoms with Crippen LogP contribution in [0, 0.1) is 5.92 Å². The maximum Gasteiger partial charge on any atom is 0.224 e. The molecule has 15 heavy (non-hydrogen) atoms. The van der Waals surface area contributed by atoms with Gasteiger partial charge in [0.1, 0.15) is 0 Å². The second-order valence-corrected chi connectivity index (χ2v) is 4.09. The van der Waals surface area contributed by atoms with E-state index in [-0.39, 0.29) is 11.8 Å². The third-order valence-corrected chi connectivity index (χ3v) is 2.75. The number of amides is 1. The van der Waals surface area contributed by atoms with Crippen molar-refractivity contribution in [3.05, 3.63) is 0 Å². The van der Waals surface area contributed by atoms with E-state index in [9.17, 15) is 4.79 Å². The molecule has 1 aliphatic heterocycles. The predicted molar refractivity (Wildman–Crippen MR) is 59.7 cm³/mol. The fourth-order valence-corrected chi connectivity index (χ4v) is 1.92. The molecule has 1 saturated heterocycles. The van der Waals surface area contributed by atoms with Crippen molar-refractivity contribution in [3.63, 3.8) is 0 Å². The van der Waals surface area contributed by atoms with E-state index in [0.717, 1.165) is 25.9 Å². The molecule has 0 aliphatic carbocycles. The van der Waals surface area contributed by atoms with E-state index in [0.29, 0.717) is 19.8 Å². The Morgan fingerprint density at radius 1 is 1.60 bits per heavy atom. The highest BCUT2D eigenvalue weighted by molar-refractivity contribution is 5.78. The Balaban J connectivity index is 2.15. The molecule has 0 aromatic heterocycles. The van der Waals surface area contributed by atoms with Crippen LogP contribution < -0.4 is 5.32 Å². The Kier molecular flexibility index (Phi) is 5.65. The number of ether oxygens (including phenoxy) is 1. The van der Waals surface area contributed by atoms with Gasteiger partial charge in [-0.3, -0.25) is 4.79 Å². The summed E-state index contributed by atoms with van der Waals surface area (Å²) >= 11 is 0. The molecule has 1 amide bonds. The summed E-state index contributed by atoms with van der Waals surface area (Å²) in [6, 6.07) is 0. The van der Waals surface area contributed by atoms with Crippen LogP contribution in [0.1, 0.15) is 19.8 Å². The average molecular weight is 214 g/mol. The fourth-order valence-electron chi connectivity index (χ4n) is 1.92. The van der Waals surface area contributed by atoms with Crippen LogP contribution in [0.4, 0.5) is 0 Å². The van der Waals surface area contributed by atoms with Crippen LogP contribution in [-0.4, -0.2) is 50.7 Å². The Morgan fingerprint density at radius 3 is 3.07 bits per heavy atom. The molecule has 88 valence electrons. The first-order chi connectivity index (χ1) is 7.24.